The lowest BCUT2D eigenvalue weighted by Crippen LogP contribution is -2.22. The Kier molecular flexibility index (Phi) is 6.92. The molecule has 1 rings (SSSR count). The van der Waals surface area contributed by atoms with E-state index in [9.17, 15) is 0 Å². The van der Waals surface area contributed by atoms with E-state index >= 15 is 0 Å². The van der Waals surface area contributed by atoms with Crippen LogP contribution in [0.3, 0.4) is 0 Å². The molecule has 0 spiro atoms. The quantitative estimate of drug-likeness (QED) is 0.694. The fourth-order valence-corrected chi connectivity index (χ4v) is 3.53. The Hall–Kier alpha value is 0.390. The molecule has 2 unspecified atom stereocenters. The summed E-state index contributed by atoms with van der Waals surface area (Å²) in [6.45, 7) is 7.88. The molecule has 1 heterocycles. The highest BCUT2D eigenvalue weighted by atomic mass is 127. The van der Waals surface area contributed by atoms with Crippen molar-refractivity contribution in [3.8, 4) is 0 Å². The van der Waals surface area contributed by atoms with Crippen molar-refractivity contribution < 1.29 is 0 Å². The van der Waals surface area contributed by atoms with Gasteiger partial charge in [-0.1, -0.05) is 33.6 Å². The third kappa shape index (κ3) is 4.72. The summed E-state index contributed by atoms with van der Waals surface area (Å²) in [6, 6.07) is 2.86. The van der Waals surface area contributed by atoms with Gasteiger partial charge in [0.05, 0.1) is 2.88 Å². The van der Waals surface area contributed by atoms with Crippen molar-refractivity contribution in [2.45, 2.75) is 46.1 Å². The Morgan fingerprint density at radius 3 is 2.69 bits per heavy atom. The Balaban J connectivity index is 2.60. The molecule has 0 aliphatic rings. The minimum atomic E-state index is 0.548. The monoisotopic (exact) mass is 351 g/mol. The maximum absolute atomic E-state index is 3.60. The second kappa shape index (κ2) is 7.67. The van der Waals surface area contributed by atoms with Crippen LogP contribution >= 0.6 is 33.9 Å². The van der Waals surface area contributed by atoms with E-state index < -0.39 is 0 Å². The fraction of sp³-hybridized carbons (Fsp3) is 0.692. The third-order valence-corrected chi connectivity index (χ3v) is 4.67. The average Bonchev–Trinajstić information content (AvgIpc) is 2.64. The van der Waals surface area contributed by atoms with Crippen LogP contribution in [0.25, 0.3) is 0 Å². The van der Waals surface area contributed by atoms with Crippen molar-refractivity contribution in [2.24, 2.45) is 5.92 Å². The molecule has 0 fully saturated rings. The number of nitrogens with one attached hydrogen (secondary N) is 1. The SMILES string of the molecule is CCCC(C)CC(NCC)c1csc(I)c1. The summed E-state index contributed by atoms with van der Waals surface area (Å²) in [5.74, 6) is 0.812. The molecule has 0 aromatic carbocycles. The van der Waals surface area contributed by atoms with E-state index in [0.717, 1.165) is 12.5 Å². The van der Waals surface area contributed by atoms with Gasteiger partial charge >= 0.3 is 0 Å². The highest BCUT2D eigenvalue weighted by Gasteiger charge is 2.15. The third-order valence-electron chi connectivity index (χ3n) is 2.86. The molecule has 16 heavy (non-hydrogen) atoms. The van der Waals surface area contributed by atoms with E-state index in [1.807, 2.05) is 11.3 Å². The lowest BCUT2D eigenvalue weighted by molar-refractivity contribution is 0.396. The molecule has 0 aliphatic carbocycles. The van der Waals surface area contributed by atoms with Crippen LogP contribution in [0.15, 0.2) is 11.4 Å². The number of thiophene rings is 1. The molecule has 2 atom stereocenters. The first-order valence-corrected chi connectivity index (χ1v) is 8.10. The van der Waals surface area contributed by atoms with Crippen molar-refractivity contribution >= 4 is 33.9 Å². The van der Waals surface area contributed by atoms with Crippen LogP contribution in [0.1, 0.15) is 51.6 Å². The topological polar surface area (TPSA) is 12.0 Å². The van der Waals surface area contributed by atoms with Gasteiger partial charge < -0.3 is 5.32 Å². The molecule has 1 aromatic heterocycles. The lowest BCUT2D eigenvalue weighted by Gasteiger charge is -2.20. The van der Waals surface area contributed by atoms with E-state index in [-0.39, 0.29) is 0 Å². The van der Waals surface area contributed by atoms with Gasteiger partial charge in [-0.15, -0.1) is 11.3 Å². The van der Waals surface area contributed by atoms with Crippen LogP contribution in [-0.4, -0.2) is 6.54 Å². The maximum atomic E-state index is 3.60. The molecule has 3 heteroatoms. The van der Waals surface area contributed by atoms with Crippen LogP contribution < -0.4 is 5.32 Å². The second-order valence-electron chi connectivity index (χ2n) is 4.42. The number of hydrogen-bond donors (Lipinski definition) is 1. The molecule has 0 radical (unpaired) electrons. The van der Waals surface area contributed by atoms with Crippen LogP contribution in [0.4, 0.5) is 0 Å². The van der Waals surface area contributed by atoms with Crippen molar-refractivity contribution in [1.82, 2.24) is 5.32 Å². The first kappa shape index (κ1) is 14.5. The molecule has 1 aromatic rings. The molecule has 0 saturated carbocycles. The Morgan fingerprint density at radius 1 is 1.44 bits per heavy atom. The van der Waals surface area contributed by atoms with E-state index in [1.165, 1.54) is 27.7 Å². The van der Waals surface area contributed by atoms with Gasteiger partial charge in [0.2, 0.25) is 0 Å². The second-order valence-corrected chi connectivity index (χ2v) is 7.23. The van der Waals surface area contributed by atoms with Gasteiger partial charge in [0.15, 0.2) is 0 Å². The Morgan fingerprint density at radius 2 is 2.19 bits per heavy atom. The van der Waals surface area contributed by atoms with Gasteiger partial charge in [0, 0.05) is 6.04 Å². The number of rotatable bonds is 7. The minimum Gasteiger partial charge on any atom is -0.310 e. The summed E-state index contributed by atoms with van der Waals surface area (Å²) in [4.78, 5) is 0. The van der Waals surface area contributed by atoms with Crippen molar-refractivity contribution in [2.75, 3.05) is 6.54 Å². The van der Waals surface area contributed by atoms with Gasteiger partial charge in [0.1, 0.15) is 0 Å². The summed E-state index contributed by atoms with van der Waals surface area (Å²) in [7, 11) is 0. The predicted octanol–water partition coefficient (Wildman–Crippen LogP) is 4.83. The molecule has 0 amide bonds. The number of hydrogen-bond acceptors (Lipinski definition) is 2. The summed E-state index contributed by atoms with van der Waals surface area (Å²) in [5, 5.41) is 5.90. The van der Waals surface area contributed by atoms with Crippen LogP contribution in [0, 0.1) is 8.80 Å². The minimum absolute atomic E-state index is 0.548. The van der Waals surface area contributed by atoms with Gasteiger partial charge in [-0.3, -0.25) is 0 Å². The van der Waals surface area contributed by atoms with Gasteiger partial charge in [0.25, 0.3) is 0 Å². The molecular weight excluding hydrogens is 329 g/mol. The van der Waals surface area contributed by atoms with Crippen molar-refractivity contribution in [1.29, 1.82) is 0 Å². The molecular formula is C13H22INS. The molecule has 0 aliphatic heterocycles. The van der Waals surface area contributed by atoms with Gasteiger partial charge in [-0.25, -0.2) is 0 Å². The highest BCUT2D eigenvalue weighted by Crippen LogP contribution is 2.28. The van der Waals surface area contributed by atoms with E-state index in [2.05, 4.69) is 60.1 Å². The zero-order valence-electron chi connectivity index (χ0n) is 10.4. The Labute approximate surface area is 117 Å². The van der Waals surface area contributed by atoms with E-state index in [1.54, 1.807) is 0 Å². The van der Waals surface area contributed by atoms with E-state index in [4.69, 9.17) is 0 Å². The smallest absolute Gasteiger partial charge is 0.0656 e. The predicted molar refractivity (Wildman–Crippen MR) is 82.1 cm³/mol. The standard InChI is InChI=1S/C13H22INS/c1-4-6-10(3)7-12(15-5-2)11-8-13(14)16-9-11/h8-10,12,15H,4-7H2,1-3H3. The first-order valence-electron chi connectivity index (χ1n) is 6.14. The van der Waals surface area contributed by atoms with Crippen LogP contribution in [-0.2, 0) is 0 Å². The van der Waals surface area contributed by atoms with Gasteiger partial charge in [-0.2, -0.15) is 0 Å². The largest absolute Gasteiger partial charge is 0.310 e. The summed E-state index contributed by atoms with van der Waals surface area (Å²) >= 11 is 4.25. The molecule has 1 N–H and O–H groups in total. The maximum Gasteiger partial charge on any atom is 0.0656 e. The van der Waals surface area contributed by atoms with Crippen molar-refractivity contribution in [3.05, 3.63) is 19.9 Å². The average molecular weight is 351 g/mol. The van der Waals surface area contributed by atoms with Gasteiger partial charge in [-0.05, 0) is 58.5 Å². The molecule has 1 nitrogen and oxygen atoms in total. The first-order chi connectivity index (χ1) is 7.67. The summed E-state index contributed by atoms with van der Waals surface area (Å²) in [6.07, 6.45) is 3.89. The zero-order valence-corrected chi connectivity index (χ0v) is 13.4. The molecule has 92 valence electrons. The molecule has 0 saturated heterocycles. The zero-order chi connectivity index (χ0) is 12.0. The molecule has 0 bridgehead atoms. The van der Waals surface area contributed by atoms with Crippen LogP contribution in [0.2, 0.25) is 0 Å². The summed E-state index contributed by atoms with van der Waals surface area (Å²) < 4.78 is 1.39. The van der Waals surface area contributed by atoms with E-state index in [0.29, 0.717) is 6.04 Å². The van der Waals surface area contributed by atoms with Crippen molar-refractivity contribution in [3.63, 3.8) is 0 Å². The van der Waals surface area contributed by atoms with Crippen LogP contribution in [0.5, 0.6) is 0 Å². The normalized spacial score (nSPS) is 15.0. The summed E-state index contributed by atoms with van der Waals surface area (Å²) in [5.41, 5.74) is 1.47. The fourth-order valence-electron chi connectivity index (χ4n) is 2.10. The lowest BCUT2D eigenvalue weighted by atomic mass is 9.94. The Bertz CT molecular complexity index is 298. The number of halogens is 1. The highest BCUT2D eigenvalue weighted by molar-refractivity contribution is 14.1.